The highest BCUT2D eigenvalue weighted by Gasteiger charge is 2.12. The molecule has 2 aromatic carbocycles. The summed E-state index contributed by atoms with van der Waals surface area (Å²) in [6.45, 7) is 2.16. The van der Waals surface area contributed by atoms with E-state index >= 15 is 0 Å². The summed E-state index contributed by atoms with van der Waals surface area (Å²) in [5, 5.41) is 15.8. The molecule has 26 heavy (non-hydrogen) atoms. The van der Waals surface area contributed by atoms with E-state index in [1.165, 1.54) is 0 Å². The summed E-state index contributed by atoms with van der Waals surface area (Å²) in [5.74, 6) is 0.443. The molecular weight excluding hydrogens is 326 g/mol. The normalized spacial score (nSPS) is 10.8. The molecule has 2 aromatic heterocycles. The summed E-state index contributed by atoms with van der Waals surface area (Å²) in [5.41, 5.74) is 4.06. The van der Waals surface area contributed by atoms with E-state index in [1.807, 2.05) is 67.6 Å². The van der Waals surface area contributed by atoms with Gasteiger partial charge in [0.25, 0.3) is 5.91 Å². The molecule has 1 N–H and O–H groups in total. The first kappa shape index (κ1) is 16.0. The van der Waals surface area contributed by atoms with E-state index in [4.69, 9.17) is 0 Å². The molecule has 0 aliphatic rings. The predicted molar refractivity (Wildman–Crippen MR) is 98.6 cm³/mol. The molecule has 1 amide bonds. The van der Waals surface area contributed by atoms with Crippen molar-refractivity contribution < 1.29 is 4.79 Å². The van der Waals surface area contributed by atoms with E-state index in [2.05, 4.69) is 20.6 Å². The highest BCUT2D eigenvalue weighted by molar-refractivity contribution is 5.95. The van der Waals surface area contributed by atoms with Gasteiger partial charge in [-0.1, -0.05) is 48.5 Å². The zero-order chi connectivity index (χ0) is 17.9. The van der Waals surface area contributed by atoms with Crippen molar-refractivity contribution >= 4 is 11.6 Å². The summed E-state index contributed by atoms with van der Waals surface area (Å²) in [4.78, 5) is 12.4. The van der Waals surface area contributed by atoms with Gasteiger partial charge in [0, 0.05) is 11.1 Å². The second kappa shape index (κ2) is 6.76. The number of carbonyl (C=O) groups is 1. The fourth-order valence-corrected chi connectivity index (χ4v) is 2.79. The van der Waals surface area contributed by atoms with Gasteiger partial charge in [0.1, 0.15) is 0 Å². The van der Waals surface area contributed by atoms with E-state index < -0.39 is 0 Å². The zero-order valence-electron chi connectivity index (χ0n) is 14.3. The highest BCUT2D eigenvalue weighted by Crippen LogP contribution is 2.16. The van der Waals surface area contributed by atoms with Crippen LogP contribution < -0.4 is 5.32 Å². The number of nitrogens with zero attached hydrogens (tertiary/aromatic N) is 4. The van der Waals surface area contributed by atoms with Crippen LogP contribution in [0.4, 0.5) is 0 Å². The van der Waals surface area contributed by atoms with Crippen molar-refractivity contribution in [2.75, 3.05) is 0 Å². The molecule has 0 aliphatic heterocycles. The Morgan fingerprint density at radius 2 is 1.73 bits per heavy atom. The number of aryl methyl sites for hydroxylation is 1. The fourth-order valence-electron chi connectivity index (χ4n) is 2.79. The van der Waals surface area contributed by atoms with Crippen LogP contribution in [0.3, 0.4) is 0 Å². The van der Waals surface area contributed by atoms with Crippen molar-refractivity contribution in [3.63, 3.8) is 0 Å². The van der Waals surface area contributed by atoms with Gasteiger partial charge in [-0.25, -0.2) is 0 Å². The van der Waals surface area contributed by atoms with Crippen molar-refractivity contribution in [3.8, 4) is 11.3 Å². The SMILES string of the molecule is Cc1ccccc1C(=O)NCc1nnc2ccc(-c3ccccc3)nn12. The second-order valence-corrected chi connectivity index (χ2v) is 5.97. The molecule has 4 rings (SSSR count). The van der Waals surface area contributed by atoms with E-state index in [9.17, 15) is 4.79 Å². The van der Waals surface area contributed by atoms with Crippen LogP contribution in [-0.2, 0) is 6.54 Å². The summed E-state index contributed by atoms with van der Waals surface area (Å²) in [6, 6.07) is 21.2. The van der Waals surface area contributed by atoms with Crippen molar-refractivity contribution in [1.29, 1.82) is 0 Å². The predicted octanol–water partition coefficient (Wildman–Crippen LogP) is 3.03. The Kier molecular flexibility index (Phi) is 4.15. The monoisotopic (exact) mass is 343 g/mol. The number of carbonyl (C=O) groups excluding carboxylic acids is 1. The van der Waals surface area contributed by atoms with Crippen LogP contribution in [0.25, 0.3) is 16.9 Å². The Morgan fingerprint density at radius 3 is 2.54 bits per heavy atom. The van der Waals surface area contributed by atoms with Crippen LogP contribution in [-0.4, -0.2) is 25.7 Å². The van der Waals surface area contributed by atoms with Gasteiger partial charge >= 0.3 is 0 Å². The molecule has 4 aromatic rings. The first-order chi connectivity index (χ1) is 12.7. The lowest BCUT2D eigenvalue weighted by Crippen LogP contribution is -2.25. The Balaban J connectivity index is 1.59. The number of hydrogen-bond acceptors (Lipinski definition) is 4. The van der Waals surface area contributed by atoms with Crippen LogP contribution >= 0.6 is 0 Å². The number of nitrogens with one attached hydrogen (secondary N) is 1. The molecule has 0 unspecified atom stereocenters. The van der Waals surface area contributed by atoms with Crippen LogP contribution in [0.1, 0.15) is 21.7 Å². The maximum atomic E-state index is 12.4. The molecule has 0 spiro atoms. The lowest BCUT2D eigenvalue weighted by atomic mass is 10.1. The highest BCUT2D eigenvalue weighted by atomic mass is 16.1. The number of rotatable bonds is 4. The summed E-state index contributed by atoms with van der Waals surface area (Å²) in [6.07, 6.45) is 0. The third-order valence-corrected chi connectivity index (χ3v) is 4.19. The molecule has 128 valence electrons. The molecule has 6 heteroatoms. The largest absolute Gasteiger partial charge is 0.345 e. The quantitative estimate of drug-likeness (QED) is 0.618. The lowest BCUT2D eigenvalue weighted by Gasteiger charge is -2.07. The van der Waals surface area contributed by atoms with Gasteiger partial charge in [-0.05, 0) is 30.7 Å². The number of benzene rings is 2. The van der Waals surface area contributed by atoms with E-state index in [-0.39, 0.29) is 12.5 Å². The minimum atomic E-state index is -0.140. The molecule has 0 radical (unpaired) electrons. The molecule has 0 fully saturated rings. The van der Waals surface area contributed by atoms with Crippen LogP contribution in [0.15, 0.2) is 66.7 Å². The second-order valence-electron chi connectivity index (χ2n) is 5.97. The number of fused-ring (bicyclic) bond motifs is 1. The smallest absolute Gasteiger partial charge is 0.251 e. The maximum absolute atomic E-state index is 12.4. The molecular formula is C20H17N5O. The van der Waals surface area contributed by atoms with Gasteiger partial charge in [-0.2, -0.15) is 9.61 Å². The van der Waals surface area contributed by atoms with Crippen molar-refractivity contribution in [2.24, 2.45) is 0 Å². The van der Waals surface area contributed by atoms with Gasteiger partial charge in [0.05, 0.1) is 12.2 Å². The van der Waals surface area contributed by atoms with E-state index in [0.29, 0.717) is 17.0 Å². The molecule has 0 bridgehead atoms. The lowest BCUT2D eigenvalue weighted by molar-refractivity contribution is 0.0949. The van der Waals surface area contributed by atoms with E-state index in [0.717, 1.165) is 16.8 Å². The standard InChI is InChI=1S/C20H17N5O/c1-14-7-5-6-10-16(14)20(26)21-13-19-23-22-18-12-11-17(24-25(18)19)15-8-3-2-4-9-15/h2-12H,13H2,1H3,(H,21,26). The van der Waals surface area contributed by atoms with Gasteiger partial charge in [0.15, 0.2) is 11.5 Å². The molecule has 6 nitrogen and oxygen atoms in total. The molecule has 0 saturated carbocycles. The molecule has 0 saturated heterocycles. The van der Waals surface area contributed by atoms with Gasteiger partial charge in [-0.3, -0.25) is 4.79 Å². The summed E-state index contributed by atoms with van der Waals surface area (Å²) >= 11 is 0. The van der Waals surface area contributed by atoms with Crippen molar-refractivity contribution in [2.45, 2.75) is 13.5 Å². The topological polar surface area (TPSA) is 72.2 Å². The van der Waals surface area contributed by atoms with Gasteiger partial charge in [0.2, 0.25) is 0 Å². The average Bonchev–Trinajstić information content (AvgIpc) is 3.09. The van der Waals surface area contributed by atoms with Crippen LogP contribution in [0.5, 0.6) is 0 Å². The van der Waals surface area contributed by atoms with E-state index in [1.54, 1.807) is 10.6 Å². The van der Waals surface area contributed by atoms with Crippen molar-refractivity contribution in [3.05, 3.63) is 83.7 Å². The third kappa shape index (κ3) is 3.04. The van der Waals surface area contributed by atoms with Gasteiger partial charge in [-0.15, -0.1) is 10.2 Å². The first-order valence-corrected chi connectivity index (χ1v) is 8.33. The van der Waals surface area contributed by atoms with Gasteiger partial charge < -0.3 is 5.32 Å². The Morgan fingerprint density at radius 1 is 0.962 bits per heavy atom. The summed E-state index contributed by atoms with van der Waals surface area (Å²) < 4.78 is 1.67. The zero-order valence-corrected chi connectivity index (χ0v) is 14.3. The maximum Gasteiger partial charge on any atom is 0.251 e. The molecule has 0 atom stereocenters. The fraction of sp³-hybridized carbons (Fsp3) is 0.100. The first-order valence-electron chi connectivity index (χ1n) is 8.33. The van der Waals surface area contributed by atoms with Crippen LogP contribution in [0, 0.1) is 6.92 Å². The minimum absolute atomic E-state index is 0.140. The third-order valence-electron chi connectivity index (χ3n) is 4.19. The Bertz CT molecular complexity index is 1070. The average molecular weight is 343 g/mol. The summed E-state index contributed by atoms with van der Waals surface area (Å²) in [7, 11) is 0. The molecule has 2 heterocycles. The Hall–Kier alpha value is -3.54. The molecule has 0 aliphatic carbocycles. The minimum Gasteiger partial charge on any atom is -0.345 e. The number of hydrogen-bond donors (Lipinski definition) is 1. The Labute approximate surface area is 150 Å². The number of amides is 1. The van der Waals surface area contributed by atoms with Crippen molar-refractivity contribution in [1.82, 2.24) is 25.1 Å². The number of aromatic nitrogens is 4. The van der Waals surface area contributed by atoms with Crippen LogP contribution in [0.2, 0.25) is 0 Å².